The fourth-order valence-corrected chi connectivity index (χ4v) is 4.01. The lowest BCUT2D eigenvalue weighted by Crippen LogP contribution is -2.45. The number of nitrogens with two attached hydrogens (primary N) is 1. The lowest BCUT2D eigenvalue weighted by atomic mass is 9.84. The largest absolute Gasteiger partial charge is 0.447 e. The van der Waals surface area contributed by atoms with Crippen LogP contribution in [-0.2, 0) is 16.6 Å². The van der Waals surface area contributed by atoms with Crippen LogP contribution in [0.15, 0.2) is 21.6 Å². The Kier molecular flexibility index (Phi) is 4.05. The number of thioether (sulfide) groups is 1. The molecule has 7 heteroatoms. The van der Waals surface area contributed by atoms with E-state index in [1.807, 2.05) is 6.26 Å². The molecule has 0 aromatic carbocycles. The van der Waals surface area contributed by atoms with Crippen molar-refractivity contribution in [3.05, 3.63) is 17.9 Å². The molecule has 1 heterocycles. The number of hydrogen-bond donors (Lipinski definition) is 2. The molecule has 1 aliphatic carbocycles. The molecule has 0 saturated heterocycles. The Balaban J connectivity index is 2.03. The number of hydrogen-bond acceptors (Lipinski definition) is 5. The molecule has 1 aromatic rings. The number of furan rings is 1. The second-order valence-electron chi connectivity index (χ2n) is 4.49. The summed E-state index contributed by atoms with van der Waals surface area (Å²) in [5.41, 5.74) is 5.39. The van der Waals surface area contributed by atoms with Gasteiger partial charge in [-0.3, -0.25) is 0 Å². The molecule has 5 nitrogen and oxygen atoms in total. The molecule has 18 heavy (non-hydrogen) atoms. The third kappa shape index (κ3) is 2.74. The van der Waals surface area contributed by atoms with Gasteiger partial charge in [-0.15, -0.1) is 0 Å². The fraction of sp³-hybridized carbons (Fsp3) is 0.636. The monoisotopic (exact) mass is 290 g/mol. The SMILES string of the molecule is CSC1(CNS(=O)(=O)c2ccc(CN)o2)CCC1. The molecule has 0 radical (unpaired) electrons. The van der Waals surface area contributed by atoms with Crippen LogP contribution < -0.4 is 10.5 Å². The highest BCUT2D eigenvalue weighted by atomic mass is 32.2. The van der Waals surface area contributed by atoms with Crippen LogP contribution in [0.4, 0.5) is 0 Å². The zero-order valence-electron chi connectivity index (χ0n) is 10.3. The van der Waals surface area contributed by atoms with Crippen LogP contribution in [0.3, 0.4) is 0 Å². The number of nitrogens with one attached hydrogen (secondary N) is 1. The second-order valence-corrected chi connectivity index (χ2v) is 7.46. The van der Waals surface area contributed by atoms with Crippen molar-refractivity contribution >= 4 is 21.8 Å². The quantitative estimate of drug-likeness (QED) is 0.825. The molecule has 1 saturated carbocycles. The third-order valence-electron chi connectivity index (χ3n) is 3.39. The number of rotatable bonds is 6. The average Bonchev–Trinajstić information content (AvgIpc) is 2.77. The highest BCUT2D eigenvalue weighted by molar-refractivity contribution is 8.00. The minimum absolute atomic E-state index is 0.0569. The predicted molar refractivity (Wildman–Crippen MR) is 71.9 cm³/mol. The molecule has 2 rings (SSSR count). The van der Waals surface area contributed by atoms with Gasteiger partial charge in [-0.25, -0.2) is 13.1 Å². The molecule has 102 valence electrons. The van der Waals surface area contributed by atoms with Crippen LogP contribution in [0.1, 0.15) is 25.0 Å². The van der Waals surface area contributed by atoms with E-state index in [1.165, 1.54) is 12.5 Å². The maximum Gasteiger partial charge on any atom is 0.274 e. The topological polar surface area (TPSA) is 85.3 Å². The molecule has 3 N–H and O–H groups in total. The van der Waals surface area contributed by atoms with Crippen LogP contribution in [0.5, 0.6) is 0 Å². The summed E-state index contributed by atoms with van der Waals surface area (Å²) >= 11 is 1.73. The van der Waals surface area contributed by atoms with Gasteiger partial charge < -0.3 is 10.2 Å². The molecule has 0 spiro atoms. The van der Waals surface area contributed by atoms with Crippen LogP contribution in [0, 0.1) is 0 Å². The molecule has 1 aromatic heterocycles. The molecule has 1 fully saturated rings. The first-order chi connectivity index (χ1) is 8.51. The molecular weight excluding hydrogens is 272 g/mol. The first kappa shape index (κ1) is 13.9. The van der Waals surface area contributed by atoms with Crippen molar-refractivity contribution in [3.63, 3.8) is 0 Å². The molecule has 1 aliphatic rings. The summed E-state index contributed by atoms with van der Waals surface area (Å²) in [6, 6.07) is 3.03. The van der Waals surface area contributed by atoms with E-state index in [-0.39, 0.29) is 16.4 Å². The molecule has 0 amide bonds. The first-order valence-corrected chi connectivity index (χ1v) is 8.56. The van der Waals surface area contributed by atoms with Crippen molar-refractivity contribution in [3.8, 4) is 0 Å². The maximum absolute atomic E-state index is 12.0. The molecular formula is C11H18N2O3S2. The Morgan fingerprint density at radius 1 is 1.50 bits per heavy atom. The zero-order chi connectivity index (χ0) is 13.2. The van der Waals surface area contributed by atoms with Crippen LogP contribution in [-0.4, -0.2) is 26.0 Å². The fourth-order valence-electron chi connectivity index (χ4n) is 1.93. The number of sulfonamides is 1. The van der Waals surface area contributed by atoms with Crippen molar-refractivity contribution in [2.45, 2.75) is 35.6 Å². The van der Waals surface area contributed by atoms with Crippen molar-refractivity contribution < 1.29 is 12.8 Å². The van der Waals surface area contributed by atoms with E-state index in [1.54, 1.807) is 17.8 Å². The van der Waals surface area contributed by atoms with E-state index < -0.39 is 10.0 Å². The minimum atomic E-state index is -3.55. The summed E-state index contributed by atoms with van der Waals surface area (Å²) in [7, 11) is -3.55. The van der Waals surface area contributed by atoms with Gasteiger partial charge in [0.05, 0.1) is 6.54 Å². The summed E-state index contributed by atoms with van der Waals surface area (Å²) in [5, 5.41) is -0.0569. The normalized spacial score (nSPS) is 18.6. The Morgan fingerprint density at radius 3 is 2.67 bits per heavy atom. The van der Waals surface area contributed by atoms with Gasteiger partial charge in [0.1, 0.15) is 5.76 Å². The average molecular weight is 290 g/mol. The van der Waals surface area contributed by atoms with Gasteiger partial charge in [0.15, 0.2) is 0 Å². The van der Waals surface area contributed by atoms with Crippen molar-refractivity contribution in [1.29, 1.82) is 0 Å². The summed E-state index contributed by atoms with van der Waals surface area (Å²) < 4.78 is 31.9. The third-order valence-corrected chi connectivity index (χ3v) is 6.08. The Labute approximate surface area is 112 Å². The van der Waals surface area contributed by atoms with Gasteiger partial charge in [0.25, 0.3) is 10.0 Å². The van der Waals surface area contributed by atoms with Gasteiger partial charge >= 0.3 is 0 Å². The van der Waals surface area contributed by atoms with E-state index in [0.717, 1.165) is 12.8 Å². The summed E-state index contributed by atoms with van der Waals surface area (Å²) in [5.74, 6) is 0.471. The molecule has 0 atom stereocenters. The van der Waals surface area contributed by atoms with Gasteiger partial charge in [0, 0.05) is 11.3 Å². The highest BCUT2D eigenvalue weighted by Crippen LogP contribution is 2.42. The minimum Gasteiger partial charge on any atom is -0.447 e. The van der Waals surface area contributed by atoms with Gasteiger partial charge in [-0.2, -0.15) is 11.8 Å². The van der Waals surface area contributed by atoms with Gasteiger partial charge in [-0.05, 0) is 31.2 Å². The summed E-state index contributed by atoms with van der Waals surface area (Å²) in [6.45, 7) is 0.652. The van der Waals surface area contributed by atoms with E-state index in [2.05, 4.69) is 4.72 Å². The van der Waals surface area contributed by atoms with Crippen LogP contribution in [0.25, 0.3) is 0 Å². The van der Waals surface area contributed by atoms with Gasteiger partial charge in [0.2, 0.25) is 5.09 Å². The molecule has 0 aliphatic heterocycles. The molecule has 0 bridgehead atoms. The smallest absolute Gasteiger partial charge is 0.274 e. The summed E-state index contributed by atoms with van der Waals surface area (Å²) in [4.78, 5) is 0. The lowest BCUT2D eigenvalue weighted by molar-refractivity contribution is 0.358. The molecule has 0 unspecified atom stereocenters. The van der Waals surface area contributed by atoms with Crippen LogP contribution >= 0.6 is 11.8 Å². The van der Waals surface area contributed by atoms with E-state index in [9.17, 15) is 8.42 Å². The van der Waals surface area contributed by atoms with Crippen molar-refractivity contribution in [2.24, 2.45) is 5.73 Å². The second kappa shape index (κ2) is 5.24. The van der Waals surface area contributed by atoms with E-state index in [4.69, 9.17) is 10.2 Å². The Hall–Kier alpha value is -0.500. The standard InChI is InChI=1S/C11H18N2O3S2/c1-17-11(5-2-6-11)8-13-18(14,15)10-4-3-9(7-12)16-10/h3-4,13H,2,5-8,12H2,1H3. The van der Waals surface area contributed by atoms with Gasteiger partial charge in [-0.1, -0.05) is 6.42 Å². The summed E-state index contributed by atoms with van der Waals surface area (Å²) in [6.07, 6.45) is 5.30. The van der Waals surface area contributed by atoms with Crippen molar-refractivity contribution in [1.82, 2.24) is 4.72 Å². The highest BCUT2D eigenvalue weighted by Gasteiger charge is 2.37. The lowest BCUT2D eigenvalue weighted by Gasteiger charge is -2.40. The van der Waals surface area contributed by atoms with Crippen LogP contribution in [0.2, 0.25) is 0 Å². The van der Waals surface area contributed by atoms with Crippen molar-refractivity contribution in [2.75, 3.05) is 12.8 Å². The zero-order valence-corrected chi connectivity index (χ0v) is 11.9. The van der Waals surface area contributed by atoms with E-state index in [0.29, 0.717) is 12.3 Å². The Bertz CT molecular complexity index is 501. The Morgan fingerprint density at radius 2 is 2.22 bits per heavy atom. The predicted octanol–water partition coefficient (Wildman–Crippen LogP) is 1.30. The first-order valence-electron chi connectivity index (χ1n) is 5.85. The maximum atomic E-state index is 12.0. The van der Waals surface area contributed by atoms with E-state index >= 15 is 0 Å².